The van der Waals surface area contributed by atoms with Crippen LogP contribution < -0.4 is 0 Å². The molecule has 0 spiro atoms. The van der Waals surface area contributed by atoms with E-state index >= 15 is 0 Å². The number of β-amino-alcohol motifs (C(OH)–C–C–N with tert-alkyl or cyclic N) is 1. The Morgan fingerprint density at radius 3 is 2.79 bits per heavy atom. The predicted octanol–water partition coefficient (Wildman–Crippen LogP) is 0.837. The first kappa shape index (κ1) is 9.65. The fourth-order valence-corrected chi connectivity index (χ4v) is 1.59. The Bertz CT molecular complexity index is 276. The minimum atomic E-state index is -0.314. The van der Waals surface area contributed by atoms with Crippen molar-refractivity contribution in [2.75, 3.05) is 19.7 Å². The summed E-state index contributed by atoms with van der Waals surface area (Å²) in [5.41, 5.74) is 1.30. The maximum absolute atomic E-state index is 9.23. The van der Waals surface area contributed by atoms with Crippen molar-refractivity contribution in [1.82, 2.24) is 5.06 Å². The molecule has 1 aromatic rings. The highest BCUT2D eigenvalue weighted by Crippen LogP contribution is 2.07. The highest BCUT2D eigenvalue weighted by molar-refractivity contribution is 5.14. The van der Waals surface area contributed by atoms with Crippen LogP contribution in [0.25, 0.3) is 0 Å². The summed E-state index contributed by atoms with van der Waals surface area (Å²) >= 11 is 0. The van der Waals surface area contributed by atoms with Crippen LogP contribution in [0.4, 0.5) is 0 Å². The standard InChI is InChI=1S/C11H15NO2/c13-11-8-12(14-9-11)7-6-10-4-2-1-3-5-10/h1-5,11,13H,6-9H2/t11-/m1/s1. The fraction of sp³-hybridized carbons (Fsp3) is 0.455. The molecule has 0 unspecified atom stereocenters. The Kier molecular flexibility index (Phi) is 3.14. The number of hydrogen-bond acceptors (Lipinski definition) is 3. The molecule has 0 saturated carbocycles. The molecule has 0 aromatic heterocycles. The van der Waals surface area contributed by atoms with Crippen molar-refractivity contribution in [1.29, 1.82) is 0 Å². The van der Waals surface area contributed by atoms with Crippen molar-refractivity contribution < 1.29 is 9.94 Å². The first-order valence-corrected chi connectivity index (χ1v) is 4.94. The number of benzene rings is 1. The van der Waals surface area contributed by atoms with Gasteiger partial charge in [-0.3, -0.25) is 4.84 Å². The highest BCUT2D eigenvalue weighted by Gasteiger charge is 2.20. The Morgan fingerprint density at radius 2 is 2.14 bits per heavy atom. The van der Waals surface area contributed by atoms with Crippen molar-refractivity contribution in [3.05, 3.63) is 35.9 Å². The average molecular weight is 193 g/mol. The molecule has 0 aliphatic carbocycles. The lowest BCUT2D eigenvalue weighted by Crippen LogP contribution is -2.23. The van der Waals surface area contributed by atoms with Crippen LogP contribution in [0.1, 0.15) is 5.56 Å². The maximum atomic E-state index is 9.23. The molecule has 3 heteroatoms. The third-order valence-corrected chi connectivity index (χ3v) is 2.36. The minimum absolute atomic E-state index is 0.314. The van der Waals surface area contributed by atoms with Crippen LogP contribution in [0.5, 0.6) is 0 Å². The predicted molar refractivity (Wildman–Crippen MR) is 53.7 cm³/mol. The van der Waals surface area contributed by atoms with Gasteiger partial charge in [-0.1, -0.05) is 30.3 Å². The van der Waals surface area contributed by atoms with Crippen molar-refractivity contribution in [3.63, 3.8) is 0 Å². The summed E-state index contributed by atoms with van der Waals surface area (Å²) in [7, 11) is 0. The lowest BCUT2D eigenvalue weighted by molar-refractivity contribution is -0.109. The van der Waals surface area contributed by atoms with Crippen LogP contribution in [-0.4, -0.2) is 36.0 Å². The van der Waals surface area contributed by atoms with Gasteiger partial charge in [-0.2, -0.15) is 5.06 Å². The van der Waals surface area contributed by atoms with Gasteiger partial charge in [-0.15, -0.1) is 0 Å². The van der Waals surface area contributed by atoms with Crippen LogP contribution in [0.3, 0.4) is 0 Å². The molecule has 1 atom stereocenters. The minimum Gasteiger partial charge on any atom is -0.389 e. The van der Waals surface area contributed by atoms with Crippen molar-refractivity contribution >= 4 is 0 Å². The second-order valence-electron chi connectivity index (χ2n) is 3.57. The Hall–Kier alpha value is -0.900. The number of nitrogens with zero attached hydrogens (tertiary/aromatic N) is 1. The molecule has 76 valence electrons. The molecule has 1 N–H and O–H groups in total. The van der Waals surface area contributed by atoms with E-state index in [0.29, 0.717) is 13.2 Å². The van der Waals surface area contributed by atoms with Crippen molar-refractivity contribution in [2.24, 2.45) is 0 Å². The summed E-state index contributed by atoms with van der Waals surface area (Å²) < 4.78 is 0. The molecule has 3 nitrogen and oxygen atoms in total. The zero-order chi connectivity index (χ0) is 9.80. The summed E-state index contributed by atoms with van der Waals surface area (Å²) in [5.74, 6) is 0. The topological polar surface area (TPSA) is 32.7 Å². The lowest BCUT2D eigenvalue weighted by atomic mass is 10.1. The van der Waals surface area contributed by atoms with Crippen LogP contribution in [0.2, 0.25) is 0 Å². The SMILES string of the molecule is O[C@H]1CON(CCc2ccccc2)C1. The summed E-state index contributed by atoms with van der Waals surface area (Å²) in [6, 6.07) is 10.3. The molecular formula is C11H15NO2. The summed E-state index contributed by atoms with van der Waals surface area (Å²) in [6.45, 7) is 1.92. The molecule has 1 fully saturated rings. The first-order valence-electron chi connectivity index (χ1n) is 4.94. The summed E-state index contributed by atoms with van der Waals surface area (Å²) in [4.78, 5) is 5.27. The summed E-state index contributed by atoms with van der Waals surface area (Å²) in [5, 5.41) is 11.1. The van der Waals surface area contributed by atoms with Crippen molar-refractivity contribution in [3.8, 4) is 0 Å². The molecule has 14 heavy (non-hydrogen) atoms. The lowest BCUT2D eigenvalue weighted by Gasteiger charge is -2.12. The molecular weight excluding hydrogens is 178 g/mol. The van der Waals surface area contributed by atoms with Gasteiger partial charge < -0.3 is 5.11 Å². The van der Waals surface area contributed by atoms with Crippen LogP contribution in [0, 0.1) is 0 Å². The number of aliphatic hydroxyl groups is 1. The number of hydroxylamine groups is 2. The number of hydrogen-bond donors (Lipinski definition) is 1. The molecule has 2 rings (SSSR count). The number of rotatable bonds is 3. The third kappa shape index (κ3) is 2.54. The van der Waals surface area contributed by atoms with E-state index in [2.05, 4.69) is 12.1 Å². The Balaban J connectivity index is 1.78. The van der Waals surface area contributed by atoms with E-state index in [4.69, 9.17) is 4.84 Å². The van der Waals surface area contributed by atoms with Gasteiger partial charge >= 0.3 is 0 Å². The maximum Gasteiger partial charge on any atom is 0.0958 e. The number of aliphatic hydroxyl groups excluding tert-OH is 1. The van der Waals surface area contributed by atoms with Gasteiger partial charge in [0.1, 0.15) is 0 Å². The smallest absolute Gasteiger partial charge is 0.0958 e. The van der Waals surface area contributed by atoms with E-state index < -0.39 is 0 Å². The third-order valence-electron chi connectivity index (χ3n) is 2.36. The van der Waals surface area contributed by atoms with Gasteiger partial charge in [0.05, 0.1) is 19.3 Å². The molecule has 1 aliphatic rings. The average Bonchev–Trinajstić information content (AvgIpc) is 2.63. The fourth-order valence-electron chi connectivity index (χ4n) is 1.59. The van der Waals surface area contributed by atoms with E-state index in [-0.39, 0.29) is 6.10 Å². The monoisotopic (exact) mass is 193 g/mol. The van der Waals surface area contributed by atoms with Gasteiger partial charge in [0, 0.05) is 6.54 Å². The molecule has 1 saturated heterocycles. The van der Waals surface area contributed by atoms with E-state index in [1.54, 1.807) is 0 Å². The highest BCUT2D eigenvalue weighted by atomic mass is 16.7. The molecule has 1 aliphatic heterocycles. The molecule has 0 amide bonds. The van der Waals surface area contributed by atoms with Gasteiger partial charge in [0.25, 0.3) is 0 Å². The molecule has 0 radical (unpaired) electrons. The van der Waals surface area contributed by atoms with E-state index in [1.165, 1.54) is 5.56 Å². The van der Waals surface area contributed by atoms with Crippen molar-refractivity contribution in [2.45, 2.75) is 12.5 Å². The van der Waals surface area contributed by atoms with Crippen LogP contribution in [-0.2, 0) is 11.3 Å². The van der Waals surface area contributed by atoms with Gasteiger partial charge in [-0.25, -0.2) is 0 Å². The normalized spacial score (nSPS) is 22.8. The quantitative estimate of drug-likeness (QED) is 0.772. The van der Waals surface area contributed by atoms with Gasteiger partial charge in [-0.05, 0) is 12.0 Å². The van der Waals surface area contributed by atoms with Crippen LogP contribution >= 0.6 is 0 Å². The molecule has 0 bridgehead atoms. The molecule has 1 aromatic carbocycles. The second-order valence-corrected chi connectivity index (χ2v) is 3.57. The molecule has 1 heterocycles. The van der Waals surface area contributed by atoms with E-state index in [9.17, 15) is 5.11 Å². The van der Waals surface area contributed by atoms with Gasteiger partial charge in [0.2, 0.25) is 0 Å². The zero-order valence-electron chi connectivity index (χ0n) is 8.10. The second kappa shape index (κ2) is 4.55. The van der Waals surface area contributed by atoms with Crippen LogP contribution in [0.15, 0.2) is 30.3 Å². The largest absolute Gasteiger partial charge is 0.389 e. The first-order chi connectivity index (χ1) is 6.84. The Morgan fingerprint density at radius 1 is 1.36 bits per heavy atom. The van der Waals surface area contributed by atoms with E-state index in [0.717, 1.165) is 13.0 Å². The zero-order valence-corrected chi connectivity index (χ0v) is 8.10. The van der Waals surface area contributed by atoms with E-state index in [1.807, 2.05) is 23.3 Å². The Labute approximate surface area is 83.9 Å². The van der Waals surface area contributed by atoms with Gasteiger partial charge in [0.15, 0.2) is 0 Å². The summed E-state index contributed by atoms with van der Waals surface area (Å²) in [6.07, 6.45) is 0.652.